The summed E-state index contributed by atoms with van der Waals surface area (Å²) < 4.78 is 0. The fraction of sp³-hybridized carbons (Fsp3) is 0.364. The molecule has 1 fully saturated rings. The maximum absolute atomic E-state index is 11.7. The second kappa shape index (κ2) is 4.31. The van der Waals surface area contributed by atoms with Crippen LogP contribution >= 0.6 is 0 Å². The lowest BCUT2D eigenvalue weighted by molar-refractivity contribution is -0.117. The van der Waals surface area contributed by atoms with Gasteiger partial charge in [0.1, 0.15) is 5.75 Å². The Balaban J connectivity index is 2.20. The number of rotatable bonds is 1. The van der Waals surface area contributed by atoms with Crippen molar-refractivity contribution in [3.8, 4) is 5.75 Å². The minimum absolute atomic E-state index is 0.0817. The van der Waals surface area contributed by atoms with Crippen LogP contribution in [0.4, 0.5) is 5.69 Å². The summed E-state index contributed by atoms with van der Waals surface area (Å²) in [6.07, 6.45) is 0.951. The fourth-order valence-electron chi connectivity index (χ4n) is 1.68. The second-order valence-corrected chi connectivity index (χ2v) is 3.59. The first kappa shape index (κ1) is 9.98. The smallest absolute Gasteiger partial charge is 0.240 e. The van der Waals surface area contributed by atoms with Crippen molar-refractivity contribution in [2.75, 3.05) is 24.5 Å². The van der Waals surface area contributed by atoms with E-state index in [1.54, 1.807) is 29.2 Å². The molecule has 0 radical (unpaired) electrons. The Morgan fingerprint density at radius 1 is 1.27 bits per heavy atom. The number of aromatic hydroxyl groups is 1. The standard InChI is InChI=1S/C11H14N2O2/c14-10-4-2-9(3-5-10)13-7-1-6-12-8-11(13)15/h2-5,12,14H,1,6-8H2. The molecule has 4 heteroatoms. The molecule has 1 aromatic rings. The van der Waals surface area contributed by atoms with Gasteiger partial charge in [0.05, 0.1) is 6.54 Å². The van der Waals surface area contributed by atoms with Gasteiger partial charge >= 0.3 is 0 Å². The van der Waals surface area contributed by atoms with Crippen molar-refractivity contribution in [1.29, 1.82) is 0 Å². The normalized spacial score (nSPS) is 17.6. The monoisotopic (exact) mass is 206 g/mol. The van der Waals surface area contributed by atoms with E-state index in [2.05, 4.69) is 5.32 Å². The summed E-state index contributed by atoms with van der Waals surface area (Å²) in [5.74, 6) is 0.303. The van der Waals surface area contributed by atoms with Gasteiger partial charge in [-0.2, -0.15) is 0 Å². The molecule has 2 N–H and O–H groups in total. The Labute approximate surface area is 88.5 Å². The summed E-state index contributed by atoms with van der Waals surface area (Å²) in [6, 6.07) is 6.72. The van der Waals surface area contributed by atoms with Gasteiger partial charge in [-0.1, -0.05) is 0 Å². The molecule has 1 heterocycles. The van der Waals surface area contributed by atoms with Gasteiger partial charge in [-0.05, 0) is 37.2 Å². The quantitative estimate of drug-likeness (QED) is 0.711. The van der Waals surface area contributed by atoms with Gasteiger partial charge in [-0.15, -0.1) is 0 Å². The van der Waals surface area contributed by atoms with Crippen LogP contribution in [-0.4, -0.2) is 30.6 Å². The predicted molar refractivity (Wildman–Crippen MR) is 57.9 cm³/mol. The molecule has 1 saturated heterocycles. The van der Waals surface area contributed by atoms with E-state index in [4.69, 9.17) is 5.11 Å². The van der Waals surface area contributed by atoms with Gasteiger partial charge in [0.25, 0.3) is 0 Å². The maximum Gasteiger partial charge on any atom is 0.240 e. The number of nitrogens with zero attached hydrogens (tertiary/aromatic N) is 1. The highest BCUT2D eigenvalue weighted by Crippen LogP contribution is 2.19. The third kappa shape index (κ3) is 2.27. The molecule has 0 atom stereocenters. The summed E-state index contributed by atoms with van der Waals surface area (Å²) in [5, 5.41) is 12.2. The van der Waals surface area contributed by atoms with Crippen LogP contribution in [0.15, 0.2) is 24.3 Å². The summed E-state index contributed by atoms with van der Waals surface area (Å²) in [6.45, 7) is 2.00. The first-order valence-electron chi connectivity index (χ1n) is 5.07. The number of benzene rings is 1. The van der Waals surface area contributed by atoms with E-state index in [0.717, 1.165) is 25.2 Å². The van der Waals surface area contributed by atoms with Crippen LogP contribution in [0.25, 0.3) is 0 Å². The molecule has 0 aliphatic carbocycles. The molecule has 2 rings (SSSR count). The predicted octanol–water partition coefficient (Wildman–Crippen LogP) is 0.718. The van der Waals surface area contributed by atoms with E-state index in [1.165, 1.54) is 0 Å². The third-order valence-corrected chi connectivity index (χ3v) is 2.47. The second-order valence-electron chi connectivity index (χ2n) is 3.59. The van der Waals surface area contributed by atoms with Crippen LogP contribution in [-0.2, 0) is 4.79 Å². The molecule has 0 aromatic heterocycles. The van der Waals surface area contributed by atoms with Crippen molar-refractivity contribution < 1.29 is 9.90 Å². The third-order valence-electron chi connectivity index (χ3n) is 2.47. The molecule has 1 aliphatic rings. The van der Waals surface area contributed by atoms with Crippen LogP contribution in [0.2, 0.25) is 0 Å². The van der Waals surface area contributed by atoms with Gasteiger partial charge in [0.15, 0.2) is 0 Å². The SMILES string of the molecule is O=C1CNCCCN1c1ccc(O)cc1. The van der Waals surface area contributed by atoms with Crippen molar-refractivity contribution in [2.45, 2.75) is 6.42 Å². The average molecular weight is 206 g/mol. The topological polar surface area (TPSA) is 52.6 Å². The molecule has 1 amide bonds. The molecule has 0 spiro atoms. The lowest BCUT2D eigenvalue weighted by Gasteiger charge is -2.20. The molecule has 0 unspecified atom stereocenters. The van der Waals surface area contributed by atoms with Crippen LogP contribution in [0, 0.1) is 0 Å². The Hall–Kier alpha value is -1.55. The highest BCUT2D eigenvalue weighted by Gasteiger charge is 2.17. The van der Waals surface area contributed by atoms with Gasteiger partial charge in [-0.25, -0.2) is 0 Å². The Kier molecular flexibility index (Phi) is 2.87. The highest BCUT2D eigenvalue weighted by atomic mass is 16.3. The highest BCUT2D eigenvalue weighted by molar-refractivity contribution is 5.95. The van der Waals surface area contributed by atoms with Crippen LogP contribution < -0.4 is 10.2 Å². The molecule has 1 aliphatic heterocycles. The number of anilines is 1. The Morgan fingerprint density at radius 3 is 2.73 bits per heavy atom. The van der Waals surface area contributed by atoms with E-state index in [1.807, 2.05) is 0 Å². The van der Waals surface area contributed by atoms with E-state index in [9.17, 15) is 4.79 Å². The zero-order valence-electron chi connectivity index (χ0n) is 8.44. The van der Waals surface area contributed by atoms with Crippen molar-refractivity contribution >= 4 is 11.6 Å². The molecular formula is C11H14N2O2. The fourth-order valence-corrected chi connectivity index (χ4v) is 1.68. The van der Waals surface area contributed by atoms with Crippen molar-refractivity contribution in [3.63, 3.8) is 0 Å². The zero-order valence-corrected chi connectivity index (χ0v) is 8.44. The molecule has 1 aromatic carbocycles. The Morgan fingerprint density at radius 2 is 2.00 bits per heavy atom. The van der Waals surface area contributed by atoms with Crippen LogP contribution in [0.1, 0.15) is 6.42 Å². The van der Waals surface area contributed by atoms with Crippen LogP contribution in [0.5, 0.6) is 5.75 Å². The maximum atomic E-state index is 11.7. The lowest BCUT2D eigenvalue weighted by Crippen LogP contribution is -2.34. The lowest BCUT2D eigenvalue weighted by atomic mass is 10.2. The number of nitrogens with one attached hydrogen (secondary N) is 1. The van der Waals surface area contributed by atoms with Crippen molar-refractivity contribution in [1.82, 2.24) is 5.32 Å². The van der Waals surface area contributed by atoms with E-state index in [-0.39, 0.29) is 11.7 Å². The number of phenols is 1. The zero-order chi connectivity index (χ0) is 10.7. The summed E-state index contributed by atoms with van der Waals surface area (Å²) in [7, 11) is 0. The molecule has 0 saturated carbocycles. The van der Waals surface area contributed by atoms with E-state index < -0.39 is 0 Å². The van der Waals surface area contributed by atoms with E-state index >= 15 is 0 Å². The average Bonchev–Trinajstić information content (AvgIpc) is 2.44. The van der Waals surface area contributed by atoms with Gasteiger partial charge in [0, 0.05) is 12.2 Å². The summed E-state index contributed by atoms with van der Waals surface area (Å²) >= 11 is 0. The largest absolute Gasteiger partial charge is 0.508 e. The van der Waals surface area contributed by atoms with Gasteiger partial charge in [0.2, 0.25) is 5.91 Å². The van der Waals surface area contributed by atoms with E-state index in [0.29, 0.717) is 6.54 Å². The van der Waals surface area contributed by atoms with Gasteiger partial charge in [-0.3, -0.25) is 4.79 Å². The van der Waals surface area contributed by atoms with Crippen molar-refractivity contribution in [2.24, 2.45) is 0 Å². The molecular weight excluding hydrogens is 192 g/mol. The minimum atomic E-state index is 0.0817. The molecule has 80 valence electrons. The number of amides is 1. The summed E-state index contributed by atoms with van der Waals surface area (Å²) in [4.78, 5) is 13.5. The molecule has 15 heavy (non-hydrogen) atoms. The number of phenolic OH excluding ortho intramolecular Hbond substituents is 1. The number of hydrogen-bond donors (Lipinski definition) is 2. The Bertz CT molecular complexity index is 348. The number of hydrogen-bond acceptors (Lipinski definition) is 3. The minimum Gasteiger partial charge on any atom is -0.508 e. The van der Waals surface area contributed by atoms with Gasteiger partial charge < -0.3 is 15.3 Å². The molecule has 0 bridgehead atoms. The first-order chi connectivity index (χ1) is 7.27. The van der Waals surface area contributed by atoms with Crippen LogP contribution in [0.3, 0.4) is 0 Å². The summed E-state index contributed by atoms with van der Waals surface area (Å²) in [5.41, 5.74) is 0.849. The molecule has 4 nitrogen and oxygen atoms in total. The first-order valence-corrected chi connectivity index (χ1v) is 5.07. The number of carbonyl (C=O) groups excluding carboxylic acids is 1. The van der Waals surface area contributed by atoms with Crippen molar-refractivity contribution in [3.05, 3.63) is 24.3 Å². The number of carbonyl (C=O) groups is 1.